The first kappa shape index (κ1) is 20.0. The van der Waals surface area contributed by atoms with Crippen LogP contribution in [-0.2, 0) is 14.8 Å². The molecule has 1 aliphatic rings. The van der Waals surface area contributed by atoms with E-state index >= 15 is 0 Å². The number of nitrogens with one attached hydrogen (secondary N) is 1. The van der Waals surface area contributed by atoms with E-state index in [2.05, 4.69) is 5.32 Å². The van der Waals surface area contributed by atoms with E-state index in [9.17, 15) is 13.2 Å². The summed E-state index contributed by atoms with van der Waals surface area (Å²) >= 11 is 6.15. The molecule has 0 bridgehead atoms. The number of carbonyl (C=O) groups is 1. The molecule has 0 spiro atoms. The first-order valence-corrected chi connectivity index (χ1v) is 10.4. The number of halogens is 1. The summed E-state index contributed by atoms with van der Waals surface area (Å²) < 4.78 is 32.2. The Hall–Kier alpha value is -1.31. The van der Waals surface area contributed by atoms with Gasteiger partial charge >= 0.3 is 0 Å². The highest BCUT2D eigenvalue weighted by Crippen LogP contribution is 2.29. The number of ether oxygens (including phenoxy) is 1. The number of nitrogens with zero attached hydrogens (tertiary/aromatic N) is 1. The monoisotopic (exact) mass is 388 g/mol. The second-order valence-electron chi connectivity index (χ2n) is 6.22. The molecule has 8 heteroatoms. The molecule has 1 aromatic rings. The molecule has 1 heterocycles. The highest BCUT2D eigenvalue weighted by atomic mass is 35.5. The summed E-state index contributed by atoms with van der Waals surface area (Å²) in [6.07, 6.45) is 3.63. The Morgan fingerprint density at radius 3 is 2.60 bits per heavy atom. The van der Waals surface area contributed by atoms with E-state index in [4.69, 9.17) is 16.3 Å². The molecule has 2 rings (SSSR count). The van der Waals surface area contributed by atoms with Crippen LogP contribution in [0, 0.1) is 0 Å². The predicted molar refractivity (Wildman–Crippen MR) is 97.5 cm³/mol. The Bertz CT molecular complexity index is 703. The molecule has 1 amide bonds. The van der Waals surface area contributed by atoms with Crippen molar-refractivity contribution in [3.8, 4) is 5.75 Å². The van der Waals surface area contributed by atoms with Crippen molar-refractivity contribution in [1.82, 2.24) is 9.62 Å². The van der Waals surface area contributed by atoms with Crippen molar-refractivity contribution in [2.75, 3.05) is 19.7 Å². The number of rotatable bonds is 7. The van der Waals surface area contributed by atoms with E-state index < -0.39 is 10.0 Å². The summed E-state index contributed by atoms with van der Waals surface area (Å²) in [7, 11) is -3.54. The number of carbonyl (C=O) groups excluding carboxylic acids is 1. The zero-order chi connectivity index (χ0) is 18.4. The van der Waals surface area contributed by atoms with Crippen molar-refractivity contribution in [3.05, 3.63) is 23.2 Å². The molecule has 0 unspecified atom stereocenters. The minimum absolute atomic E-state index is 0.0728. The summed E-state index contributed by atoms with van der Waals surface area (Å²) in [6, 6.07) is 4.42. The molecule has 1 atom stereocenters. The van der Waals surface area contributed by atoms with Crippen LogP contribution in [-0.4, -0.2) is 44.4 Å². The van der Waals surface area contributed by atoms with Crippen molar-refractivity contribution < 1.29 is 17.9 Å². The zero-order valence-electron chi connectivity index (χ0n) is 14.6. The van der Waals surface area contributed by atoms with Gasteiger partial charge in [-0.15, -0.1) is 0 Å². The molecule has 6 nitrogen and oxygen atoms in total. The Morgan fingerprint density at radius 2 is 2.00 bits per heavy atom. The normalized spacial score (nSPS) is 17.1. The minimum Gasteiger partial charge on any atom is -0.482 e. The lowest BCUT2D eigenvalue weighted by atomic mass is 10.2. The van der Waals surface area contributed by atoms with E-state index in [-0.39, 0.29) is 28.5 Å². The van der Waals surface area contributed by atoms with Gasteiger partial charge in [0.2, 0.25) is 10.0 Å². The van der Waals surface area contributed by atoms with Gasteiger partial charge in [-0.3, -0.25) is 4.79 Å². The fourth-order valence-electron chi connectivity index (χ4n) is 2.58. The number of piperidine rings is 1. The highest BCUT2D eigenvalue weighted by molar-refractivity contribution is 7.89. The fourth-order valence-corrected chi connectivity index (χ4v) is 4.42. The molecule has 1 aromatic carbocycles. The first-order chi connectivity index (χ1) is 11.8. The van der Waals surface area contributed by atoms with E-state index in [1.807, 2.05) is 13.8 Å². The second-order valence-corrected chi connectivity index (χ2v) is 8.57. The van der Waals surface area contributed by atoms with Crippen LogP contribution >= 0.6 is 11.6 Å². The second kappa shape index (κ2) is 8.87. The van der Waals surface area contributed by atoms with Crippen molar-refractivity contribution in [2.45, 2.75) is 50.5 Å². The Balaban J connectivity index is 2.03. The van der Waals surface area contributed by atoms with Crippen LogP contribution in [0.15, 0.2) is 23.1 Å². The molecule has 0 radical (unpaired) electrons. The average molecular weight is 389 g/mol. The van der Waals surface area contributed by atoms with Gasteiger partial charge in [-0.05, 0) is 44.4 Å². The topological polar surface area (TPSA) is 75.7 Å². The SMILES string of the molecule is CC[C@@H](C)NC(=O)COc1ccc(S(=O)(=O)N2CCCCC2)cc1Cl. The molecule has 1 saturated heterocycles. The molecule has 0 aromatic heterocycles. The third-order valence-electron chi connectivity index (χ3n) is 4.23. The lowest BCUT2D eigenvalue weighted by Gasteiger charge is -2.26. The van der Waals surface area contributed by atoms with Crippen molar-refractivity contribution in [3.63, 3.8) is 0 Å². The highest BCUT2D eigenvalue weighted by Gasteiger charge is 2.26. The number of amides is 1. The maximum Gasteiger partial charge on any atom is 0.258 e. The lowest BCUT2D eigenvalue weighted by molar-refractivity contribution is -0.123. The number of benzene rings is 1. The molecule has 0 saturated carbocycles. The average Bonchev–Trinajstić information content (AvgIpc) is 2.61. The van der Waals surface area contributed by atoms with E-state index in [1.165, 1.54) is 22.5 Å². The number of hydrogen-bond donors (Lipinski definition) is 1. The van der Waals surface area contributed by atoms with E-state index in [0.29, 0.717) is 18.8 Å². The number of sulfonamides is 1. The van der Waals surface area contributed by atoms with E-state index in [0.717, 1.165) is 25.7 Å². The van der Waals surface area contributed by atoms with Crippen LogP contribution in [0.3, 0.4) is 0 Å². The predicted octanol–water partition coefficient (Wildman–Crippen LogP) is 2.81. The summed E-state index contributed by atoms with van der Waals surface area (Å²) in [6.45, 7) is 4.79. The standard InChI is InChI=1S/C17H25ClN2O4S/c1-3-13(2)19-17(21)12-24-16-8-7-14(11-15(16)18)25(22,23)20-9-5-4-6-10-20/h7-8,11,13H,3-6,9-10,12H2,1-2H3,(H,19,21)/t13-/m1/s1. The summed E-state index contributed by atoms with van der Waals surface area (Å²) in [5, 5.41) is 2.96. The van der Waals surface area contributed by atoms with Crippen molar-refractivity contribution in [2.24, 2.45) is 0 Å². The largest absolute Gasteiger partial charge is 0.482 e. The Morgan fingerprint density at radius 1 is 1.32 bits per heavy atom. The molecule has 25 heavy (non-hydrogen) atoms. The van der Waals surface area contributed by atoms with Crippen LogP contribution in [0.5, 0.6) is 5.75 Å². The van der Waals surface area contributed by atoms with Gasteiger partial charge in [0, 0.05) is 19.1 Å². The Kier molecular flexibility index (Phi) is 7.10. The van der Waals surface area contributed by atoms with Gasteiger partial charge in [0.15, 0.2) is 6.61 Å². The molecule has 0 aliphatic carbocycles. The summed E-state index contributed by atoms with van der Waals surface area (Å²) in [5.74, 6) is 0.0500. The van der Waals surface area contributed by atoms with Gasteiger partial charge in [-0.25, -0.2) is 8.42 Å². The maximum atomic E-state index is 12.6. The molecule has 140 valence electrons. The zero-order valence-corrected chi connectivity index (χ0v) is 16.2. The molecular weight excluding hydrogens is 364 g/mol. The van der Waals surface area contributed by atoms with Crippen molar-refractivity contribution in [1.29, 1.82) is 0 Å². The van der Waals surface area contributed by atoms with Crippen LogP contribution in [0.25, 0.3) is 0 Å². The van der Waals surface area contributed by atoms with Crippen molar-refractivity contribution >= 4 is 27.5 Å². The van der Waals surface area contributed by atoms with Crippen LogP contribution in [0.2, 0.25) is 5.02 Å². The van der Waals surface area contributed by atoms with Crippen LogP contribution < -0.4 is 10.1 Å². The van der Waals surface area contributed by atoms with Gasteiger partial charge in [0.25, 0.3) is 5.91 Å². The first-order valence-electron chi connectivity index (χ1n) is 8.56. The van der Waals surface area contributed by atoms with Gasteiger partial charge in [0.1, 0.15) is 5.75 Å². The van der Waals surface area contributed by atoms with Crippen LogP contribution in [0.4, 0.5) is 0 Å². The molecule has 1 fully saturated rings. The maximum absolute atomic E-state index is 12.6. The third-order valence-corrected chi connectivity index (χ3v) is 6.42. The molecule has 1 N–H and O–H groups in total. The Labute approximate surface area is 154 Å². The summed E-state index contributed by atoms with van der Waals surface area (Å²) in [4.78, 5) is 11.9. The van der Waals surface area contributed by atoms with Gasteiger partial charge < -0.3 is 10.1 Å². The van der Waals surface area contributed by atoms with Gasteiger partial charge in [-0.2, -0.15) is 4.31 Å². The molecule has 1 aliphatic heterocycles. The number of hydrogen-bond acceptors (Lipinski definition) is 4. The molecular formula is C17H25ClN2O4S. The van der Waals surface area contributed by atoms with Gasteiger partial charge in [0.05, 0.1) is 9.92 Å². The van der Waals surface area contributed by atoms with E-state index in [1.54, 1.807) is 0 Å². The summed E-state index contributed by atoms with van der Waals surface area (Å²) in [5.41, 5.74) is 0. The smallest absolute Gasteiger partial charge is 0.258 e. The third kappa shape index (κ3) is 5.33. The quantitative estimate of drug-likeness (QED) is 0.779. The lowest BCUT2D eigenvalue weighted by Crippen LogP contribution is -2.36. The fraction of sp³-hybridized carbons (Fsp3) is 0.588. The van der Waals surface area contributed by atoms with Crippen LogP contribution in [0.1, 0.15) is 39.5 Å². The van der Waals surface area contributed by atoms with Gasteiger partial charge in [-0.1, -0.05) is 24.9 Å². The minimum atomic E-state index is -3.54.